The smallest absolute Gasteiger partial charge is 0.0639 e. The van der Waals surface area contributed by atoms with Gasteiger partial charge in [-0.1, -0.05) is 41.4 Å². The van der Waals surface area contributed by atoms with Gasteiger partial charge in [-0.25, -0.2) is 0 Å². The first-order chi connectivity index (χ1) is 8.59. The van der Waals surface area contributed by atoms with Crippen LogP contribution >= 0.6 is 34.5 Å². The van der Waals surface area contributed by atoms with E-state index in [2.05, 4.69) is 36.7 Å². The minimum atomic E-state index is 0.160. The lowest BCUT2D eigenvalue weighted by Crippen LogP contribution is -2.22. The van der Waals surface area contributed by atoms with Crippen LogP contribution in [0, 0.1) is 0 Å². The van der Waals surface area contributed by atoms with Crippen LogP contribution < -0.4 is 5.32 Å². The summed E-state index contributed by atoms with van der Waals surface area (Å²) in [6.07, 6.45) is 0. The molecule has 1 aromatic carbocycles. The molecule has 0 spiro atoms. The number of hydrogen-bond acceptors (Lipinski definition) is 2. The predicted octanol–water partition coefficient (Wildman–Crippen LogP) is 5.47. The highest BCUT2D eigenvalue weighted by molar-refractivity contribution is 7.10. The second-order valence-corrected chi connectivity index (χ2v) is 6.03. The van der Waals surface area contributed by atoms with Crippen molar-refractivity contribution in [2.24, 2.45) is 0 Å². The maximum atomic E-state index is 6.23. The van der Waals surface area contributed by atoms with Gasteiger partial charge in [0.2, 0.25) is 0 Å². The quantitative estimate of drug-likeness (QED) is 0.789. The summed E-state index contributed by atoms with van der Waals surface area (Å²) in [4.78, 5) is 1.32. The molecule has 2 aromatic rings. The van der Waals surface area contributed by atoms with Crippen LogP contribution in [0.15, 0.2) is 35.7 Å². The van der Waals surface area contributed by atoms with Crippen LogP contribution in [0.1, 0.15) is 36.4 Å². The molecule has 18 heavy (non-hydrogen) atoms. The number of hydrogen-bond donors (Lipinski definition) is 1. The highest BCUT2D eigenvalue weighted by atomic mass is 35.5. The summed E-state index contributed by atoms with van der Waals surface area (Å²) in [6, 6.07) is 10.4. The van der Waals surface area contributed by atoms with Crippen molar-refractivity contribution < 1.29 is 0 Å². The molecule has 0 saturated carbocycles. The molecule has 1 heterocycles. The molecule has 0 aliphatic heterocycles. The summed E-state index contributed by atoms with van der Waals surface area (Å²) < 4.78 is 0. The van der Waals surface area contributed by atoms with Crippen molar-refractivity contribution in [1.29, 1.82) is 0 Å². The molecule has 1 unspecified atom stereocenters. The van der Waals surface area contributed by atoms with Crippen molar-refractivity contribution in [1.82, 2.24) is 5.32 Å². The van der Waals surface area contributed by atoms with Gasteiger partial charge in [-0.3, -0.25) is 0 Å². The van der Waals surface area contributed by atoms with Gasteiger partial charge in [0, 0.05) is 17.0 Å². The summed E-state index contributed by atoms with van der Waals surface area (Å²) in [5.41, 5.74) is 1.03. The fourth-order valence-electron chi connectivity index (χ4n) is 1.94. The Morgan fingerprint density at radius 3 is 2.50 bits per heavy atom. The average Bonchev–Trinajstić information content (AvgIpc) is 2.86. The molecule has 0 aliphatic rings. The number of halogens is 2. The van der Waals surface area contributed by atoms with Crippen LogP contribution in [-0.4, -0.2) is 0 Å². The lowest BCUT2D eigenvalue weighted by Gasteiger charge is -2.20. The normalized spacial score (nSPS) is 14.4. The van der Waals surface area contributed by atoms with E-state index in [1.54, 1.807) is 11.3 Å². The second-order valence-electron chi connectivity index (χ2n) is 4.27. The summed E-state index contributed by atoms with van der Waals surface area (Å²) in [7, 11) is 0. The third-order valence-corrected chi connectivity index (χ3v) is 4.81. The molecule has 0 aliphatic carbocycles. The van der Waals surface area contributed by atoms with E-state index >= 15 is 0 Å². The summed E-state index contributed by atoms with van der Waals surface area (Å²) >= 11 is 14.0. The third-order valence-electron chi connectivity index (χ3n) is 2.92. The van der Waals surface area contributed by atoms with Gasteiger partial charge in [-0.15, -0.1) is 11.3 Å². The number of thiophene rings is 1. The van der Waals surface area contributed by atoms with Crippen LogP contribution in [0.3, 0.4) is 0 Å². The lowest BCUT2D eigenvalue weighted by atomic mass is 10.1. The van der Waals surface area contributed by atoms with E-state index in [-0.39, 0.29) is 6.04 Å². The molecule has 0 bridgehead atoms. The topological polar surface area (TPSA) is 12.0 Å². The van der Waals surface area contributed by atoms with Gasteiger partial charge < -0.3 is 5.32 Å². The first-order valence-electron chi connectivity index (χ1n) is 5.83. The predicted molar refractivity (Wildman–Crippen MR) is 80.7 cm³/mol. The molecule has 96 valence electrons. The highest BCUT2D eigenvalue weighted by Gasteiger charge is 2.15. The van der Waals surface area contributed by atoms with Crippen molar-refractivity contribution in [2.75, 3.05) is 0 Å². The van der Waals surface area contributed by atoms with E-state index in [1.807, 2.05) is 18.2 Å². The minimum Gasteiger partial charge on any atom is -0.303 e. The number of benzene rings is 1. The summed E-state index contributed by atoms with van der Waals surface area (Å²) in [6.45, 7) is 4.25. The third kappa shape index (κ3) is 3.07. The Kier molecular flexibility index (Phi) is 4.68. The van der Waals surface area contributed by atoms with Crippen molar-refractivity contribution in [3.63, 3.8) is 0 Å². The van der Waals surface area contributed by atoms with E-state index in [0.717, 1.165) is 5.56 Å². The molecule has 1 aromatic heterocycles. The molecular formula is C14H15Cl2NS. The van der Waals surface area contributed by atoms with E-state index < -0.39 is 0 Å². The van der Waals surface area contributed by atoms with E-state index in [9.17, 15) is 0 Å². The second kappa shape index (κ2) is 6.07. The standard InChI is InChI=1S/C14H15Cl2NS/c1-9(11-5-3-6-12(15)14(11)16)17-10(2)13-7-4-8-18-13/h3-10,17H,1-2H3/t9?,10-/m1/s1. The van der Waals surface area contributed by atoms with Crippen molar-refractivity contribution in [3.8, 4) is 0 Å². The van der Waals surface area contributed by atoms with Crippen molar-refractivity contribution in [3.05, 3.63) is 56.2 Å². The number of rotatable bonds is 4. The van der Waals surface area contributed by atoms with Crippen molar-refractivity contribution in [2.45, 2.75) is 25.9 Å². The van der Waals surface area contributed by atoms with Crippen LogP contribution in [0.4, 0.5) is 0 Å². The molecule has 2 atom stereocenters. The fraction of sp³-hybridized carbons (Fsp3) is 0.286. The molecule has 2 rings (SSSR count). The molecule has 0 fully saturated rings. The molecule has 1 nitrogen and oxygen atoms in total. The monoisotopic (exact) mass is 299 g/mol. The Morgan fingerprint density at radius 1 is 1.06 bits per heavy atom. The van der Waals surface area contributed by atoms with Crippen LogP contribution in [0.25, 0.3) is 0 Å². The van der Waals surface area contributed by atoms with Gasteiger partial charge in [0.1, 0.15) is 0 Å². The Labute approximate surface area is 122 Å². The van der Waals surface area contributed by atoms with Gasteiger partial charge in [0.15, 0.2) is 0 Å². The fourth-order valence-corrected chi connectivity index (χ4v) is 3.15. The molecular weight excluding hydrogens is 285 g/mol. The summed E-state index contributed by atoms with van der Waals surface area (Å²) in [5.74, 6) is 0. The van der Waals surface area contributed by atoms with E-state index in [4.69, 9.17) is 23.2 Å². The lowest BCUT2D eigenvalue weighted by molar-refractivity contribution is 0.500. The zero-order valence-electron chi connectivity index (χ0n) is 10.3. The molecule has 0 amide bonds. The average molecular weight is 300 g/mol. The van der Waals surface area contributed by atoms with E-state index in [0.29, 0.717) is 16.1 Å². The maximum Gasteiger partial charge on any atom is 0.0639 e. The minimum absolute atomic E-state index is 0.160. The Hall–Kier alpha value is -0.540. The summed E-state index contributed by atoms with van der Waals surface area (Å²) in [5, 5.41) is 6.86. The first-order valence-corrected chi connectivity index (χ1v) is 7.46. The van der Waals surface area contributed by atoms with Crippen LogP contribution in [0.2, 0.25) is 10.0 Å². The highest BCUT2D eigenvalue weighted by Crippen LogP contribution is 2.31. The van der Waals surface area contributed by atoms with Gasteiger partial charge in [0.25, 0.3) is 0 Å². The van der Waals surface area contributed by atoms with Gasteiger partial charge >= 0.3 is 0 Å². The Balaban J connectivity index is 2.12. The number of nitrogens with one attached hydrogen (secondary N) is 1. The van der Waals surface area contributed by atoms with E-state index in [1.165, 1.54) is 4.88 Å². The SMILES string of the molecule is CC(N[C@H](C)c1cccs1)c1cccc(Cl)c1Cl. The largest absolute Gasteiger partial charge is 0.303 e. The Bertz CT molecular complexity index is 511. The van der Waals surface area contributed by atoms with Gasteiger partial charge in [-0.05, 0) is 36.9 Å². The van der Waals surface area contributed by atoms with Crippen molar-refractivity contribution >= 4 is 34.5 Å². The zero-order chi connectivity index (χ0) is 13.1. The Morgan fingerprint density at radius 2 is 1.83 bits per heavy atom. The van der Waals surface area contributed by atoms with Crippen LogP contribution in [0.5, 0.6) is 0 Å². The van der Waals surface area contributed by atoms with Gasteiger partial charge in [-0.2, -0.15) is 0 Å². The first kappa shape index (κ1) is 13.9. The molecule has 0 radical (unpaired) electrons. The maximum absolute atomic E-state index is 6.23. The van der Waals surface area contributed by atoms with Crippen LogP contribution in [-0.2, 0) is 0 Å². The molecule has 0 saturated heterocycles. The molecule has 4 heteroatoms. The van der Waals surface area contributed by atoms with Gasteiger partial charge in [0.05, 0.1) is 10.0 Å². The zero-order valence-corrected chi connectivity index (χ0v) is 12.6. The molecule has 1 N–H and O–H groups in total.